The maximum atomic E-state index is 12.5. The monoisotopic (exact) mass is 147 g/mol. The van der Waals surface area contributed by atoms with Gasteiger partial charge in [-0.2, -0.15) is 0 Å². The fraction of sp³-hybridized carbons (Fsp3) is 0.857. The fourth-order valence-corrected chi connectivity index (χ4v) is 0.561. The Morgan fingerprint density at radius 2 is 1.90 bits per heavy atom. The van der Waals surface area contributed by atoms with Crippen molar-refractivity contribution in [2.24, 2.45) is 0 Å². The van der Waals surface area contributed by atoms with Crippen molar-refractivity contribution in [1.29, 1.82) is 0 Å². The molecule has 1 rings (SSSR count). The van der Waals surface area contributed by atoms with Gasteiger partial charge >= 0.3 is 0 Å². The van der Waals surface area contributed by atoms with E-state index in [1.807, 2.05) is 13.8 Å². The summed E-state index contributed by atoms with van der Waals surface area (Å²) in [5, 5.41) is 2.25. The number of amides is 1. The topological polar surface area (TPSA) is 29.1 Å². The Bertz CT molecular complexity index is 121. The van der Waals surface area contributed by atoms with E-state index in [2.05, 4.69) is 5.32 Å². The largest absolute Gasteiger partial charge is 0.356 e. The first-order valence-corrected chi connectivity index (χ1v) is 3.60. The molecule has 1 N–H and O–H groups in total. The van der Waals surface area contributed by atoms with Crippen LogP contribution in [0, 0.1) is 0 Å². The number of carbonyl (C=O) groups is 1. The average Bonchev–Trinajstić information content (AvgIpc) is 2.72. The lowest BCUT2D eigenvalue weighted by Gasteiger charge is -1.99. The SMILES string of the molecule is CC.CNC(=O)C1(F)CC1. The van der Waals surface area contributed by atoms with Gasteiger partial charge in [-0.3, -0.25) is 4.79 Å². The first kappa shape index (κ1) is 9.40. The molecule has 10 heavy (non-hydrogen) atoms. The van der Waals surface area contributed by atoms with Crippen molar-refractivity contribution in [3.63, 3.8) is 0 Å². The van der Waals surface area contributed by atoms with Crippen LogP contribution < -0.4 is 5.32 Å². The molecule has 0 heterocycles. The van der Waals surface area contributed by atoms with Crippen LogP contribution in [0.1, 0.15) is 26.7 Å². The summed E-state index contributed by atoms with van der Waals surface area (Å²) in [6, 6.07) is 0. The quantitative estimate of drug-likeness (QED) is 0.594. The van der Waals surface area contributed by atoms with Crippen molar-refractivity contribution in [2.75, 3.05) is 7.05 Å². The summed E-state index contributed by atoms with van der Waals surface area (Å²) in [6.45, 7) is 4.00. The minimum atomic E-state index is -1.49. The zero-order valence-electron chi connectivity index (χ0n) is 6.70. The third kappa shape index (κ3) is 1.97. The van der Waals surface area contributed by atoms with E-state index >= 15 is 0 Å². The first-order chi connectivity index (χ1) is 4.69. The number of rotatable bonds is 1. The number of halogens is 1. The van der Waals surface area contributed by atoms with Gasteiger partial charge in [0, 0.05) is 7.05 Å². The van der Waals surface area contributed by atoms with Crippen LogP contribution in [0.15, 0.2) is 0 Å². The average molecular weight is 147 g/mol. The molecule has 3 heteroatoms. The minimum absolute atomic E-state index is 0.396. The van der Waals surface area contributed by atoms with E-state index in [9.17, 15) is 9.18 Å². The van der Waals surface area contributed by atoms with Crippen molar-refractivity contribution in [2.45, 2.75) is 32.4 Å². The number of hydrogen-bond acceptors (Lipinski definition) is 1. The van der Waals surface area contributed by atoms with E-state index in [1.165, 1.54) is 7.05 Å². The first-order valence-electron chi connectivity index (χ1n) is 3.60. The second-order valence-corrected chi connectivity index (χ2v) is 2.04. The molecule has 1 saturated carbocycles. The molecule has 0 bridgehead atoms. The highest BCUT2D eigenvalue weighted by atomic mass is 19.1. The lowest BCUT2D eigenvalue weighted by molar-refractivity contribution is -0.126. The Kier molecular flexibility index (Phi) is 3.33. The Morgan fingerprint density at radius 3 is 2.00 bits per heavy atom. The van der Waals surface area contributed by atoms with Gasteiger partial charge in [-0.25, -0.2) is 4.39 Å². The van der Waals surface area contributed by atoms with Crippen molar-refractivity contribution >= 4 is 5.91 Å². The van der Waals surface area contributed by atoms with Crippen LogP contribution in [0.25, 0.3) is 0 Å². The van der Waals surface area contributed by atoms with Gasteiger partial charge in [-0.05, 0) is 12.8 Å². The summed E-state index contributed by atoms with van der Waals surface area (Å²) in [6.07, 6.45) is 0.791. The van der Waals surface area contributed by atoms with Crippen LogP contribution in [0.3, 0.4) is 0 Å². The highest BCUT2D eigenvalue weighted by Crippen LogP contribution is 2.39. The van der Waals surface area contributed by atoms with E-state index < -0.39 is 11.6 Å². The summed E-state index contributed by atoms with van der Waals surface area (Å²) in [7, 11) is 1.45. The van der Waals surface area contributed by atoms with Gasteiger partial charge < -0.3 is 5.32 Å². The summed E-state index contributed by atoms with van der Waals surface area (Å²) >= 11 is 0. The molecule has 1 fully saturated rings. The van der Waals surface area contributed by atoms with Crippen molar-refractivity contribution in [1.82, 2.24) is 5.32 Å². The second kappa shape index (κ2) is 3.54. The highest BCUT2D eigenvalue weighted by Gasteiger charge is 2.50. The summed E-state index contributed by atoms with van der Waals surface area (Å²) in [4.78, 5) is 10.4. The van der Waals surface area contributed by atoms with Gasteiger partial charge in [0.25, 0.3) is 5.91 Å². The molecule has 0 atom stereocenters. The molecule has 0 saturated heterocycles. The molecule has 0 spiro atoms. The van der Waals surface area contributed by atoms with Gasteiger partial charge in [-0.15, -0.1) is 0 Å². The lowest BCUT2D eigenvalue weighted by Crippen LogP contribution is -2.29. The normalized spacial score (nSPS) is 18.4. The molecule has 0 unspecified atom stereocenters. The zero-order valence-corrected chi connectivity index (χ0v) is 6.70. The maximum absolute atomic E-state index is 12.5. The molecule has 1 amide bonds. The lowest BCUT2D eigenvalue weighted by atomic mass is 10.3. The number of nitrogens with one attached hydrogen (secondary N) is 1. The van der Waals surface area contributed by atoms with Crippen molar-refractivity contribution < 1.29 is 9.18 Å². The van der Waals surface area contributed by atoms with Crippen molar-refractivity contribution in [3.8, 4) is 0 Å². The van der Waals surface area contributed by atoms with Gasteiger partial charge in [0.15, 0.2) is 5.67 Å². The molecule has 0 aliphatic heterocycles. The fourth-order valence-electron chi connectivity index (χ4n) is 0.561. The Balaban J connectivity index is 0.000000371. The molecule has 0 aromatic carbocycles. The van der Waals surface area contributed by atoms with Crippen LogP contribution in [0.2, 0.25) is 0 Å². The molecule has 0 radical (unpaired) electrons. The van der Waals surface area contributed by atoms with Crippen LogP contribution in [-0.4, -0.2) is 18.6 Å². The maximum Gasteiger partial charge on any atom is 0.257 e. The van der Waals surface area contributed by atoms with E-state index in [1.54, 1.807) is 0 Å². The number of carbonyl (C=O) groups excluding carboxylic acids is 1. The molecule has 60 valence electrons. The van der Waals surface area contributed by atoms with Gasteiger partial charge in [0.2, 0.25) is 0 Å². The predicted molar refractivity (Wildman–Crippen MR) is 38.5 cm³/mol. The van der Waals surface area contributed by atoms with Gasteiger partial charge in [0.05, 0.1) is 0 Å². The second-order valence-electron chi connectivity index (χ2n) is 2.04. The van der Waals surface area contributed by atoms with Crippen LogP contribution in [0.5, 0.6) is 0 Å². The summed E-state index contributed by atoms with van der Waals surface area (Å²) in [5.74, 6) is -0.475. The molecule has 1 aliphatic carbocycles. The zero-order chi connectivity index (χ0) is 8.20. The van der Waals surface area contributed by atoms with Crippen LogP contribution in [0.4, 0.5) is 4.39 Å². The van der Waals surface area contributed by atoms with Crippen LogP contribution >= 0.6 is 0 Å². The summed E-state index contributed by atoms with van der Waals surface area (Å²) in [5.41, 5.74) is -1.49. The third-order valence-electron chi connectivity index (χ3n) is 1.32. The molecular weight excluding hydrogens is 133 g/mol. The molecule has 1 aliphatic rings. The smallest absolute Gasteiger partial charge is 0.257 e. The van der Waals surface area contributed by atoms with Crippen LogP contribution in [-0.2, 0) is 4.79 Å². The highest BCUT2D eigenvalue weighted by molar-refractivity contribution is 5.87. The van der Waals surface area contributed by atoms with Crippen molar-refractivity contribution in [3.05, 3.63) is 0 Å². The molecule has 0 aromatic rings. The predicted octanol–water partition coefficient (Wildman–Crippen LogP) is 1.26. The third-order valence-corrected chi connectivity index (χ3v) is 1.32. The molecule has 0 aromatic heterocycles. The Morgan fingerprint density at radius 1 is 1.50 bits per heavy atom. The van der Waals surface area contributed by atoms with Gasteiger partial charge in [0.1, 0.15) is 0 Å². The Hall–Kier alpha value is -0.600. The minimum Gasteiger partial charge on any atom is -0.356 e. The van der Waals surface area contributed by atoms with E-state index in [-0.39, 0.29) is 0 Å². The molecule has 2 nitrogen and oxygen atoms in total. The number of alkyl halides is 1. The standard InChI is InChI=1S/C5H8FNO.C2H6/c1-7-4(8)5(6)2-3-5;1-2/h2-3H2,1H3,(H,7,8);1-2H3. The van der Waals surface area contributed by atoms with E-state index in [0.717, 1.165) is 0 Å². The Labute approximate surface area is 60.8 Å². The molecular formula is C7H14FNO. The van der Waals surface area contributed by atoms with E-state index in [4.69, 9.17) is 0 Å². The number of hydrogen-bond donors (Lipinski definition) is 1. The van der Waals surface area contributed by atoms with E-state index in [0.29, 0.717) is 12.8 Å². The van der Waals surface area contributed by atoms with Gasteiger partial charge in [-0.1, -0.05) is 13.8 Å². The summed E-state index contributed by atoms with van der Waals surface area (Å²) < 4.78 is 12.5.